The number of aromatic nitrogens is 1. The Labute approximate surface area is 150 Å². The van der Waals surface area contributed by atoms with Gasteiger partial charge >= 0.3 is 6.03 Å². The van der Waals surface area contributed by atoms with Crippen LogP contribution in [0.1, 0.15) is 25.7 Å². The van der Waals surface area contributed by atoms with Crippen LogP contribution in [0, 0.1) is 0 Å². The smallest absolute Gasteiger partial charge is 0.315 e. The Bertz CT molecular complexity index is 790. The van der Waals surface area contributed by atoms with Crippen LogP contribution in [0.2, 0.25) is 0 Å². The van der Waals surface area contributed by atoms with Gasteiger partial charge in [-0.2, -0.15) is 11.8 Å². The van der Waals surface area contributed by atoms with Gasteiger partial charge < -0.3 is 20.9 Å². The van der Waals surface area contributed by atoms with Crippen LogP contribution < -0.4 is 16.0 Å². The van der Waals surface area contributed by atoms with E-state index in [0.29, 0.717) is 11.7 Å². The van der Waals surface area contributed by atoms with Crippen LogP contribution in [0.3, 0.4) is 0 Å². The summed E-state index contributed by atoms with van der Waals surface area (Å²) in [6, 6.07) is 8.37. The van der Waals surface area contributed by atoms with E-state index >= 15 is 0 Å². The zero-order chi connectivity index (χ0) is 17.2. The minimum Gasteiger partial charge on any atom is -0.361 e. The topological polar surface area (TPSA) is 86.0 Å². The summed E-state index contributed by atoms with van der Waals surface area (Å²) in [6.45, 7) is 0. The molecule has 1 aromatic carbocycles. The van der Waals surface area contributed by atoms with Gasteiger partial charge in [0.1, 0.15) is 0 Å². The number of rotatable bonds is 6. The van der Waals surface area contributed by atoms with Crippen LogP contribution in [0.25, 0.3) is 10.9 Å². The lowest BCUT2D eigenvalue weighted by Gasteiger charge is -2.16. The van der Waals surface area contributed by atoms with Crippen LogP contribution in [0.4, 0.5) is 10.5 Å². The number of unbranched alkanes of at least 4 members (excludes halogenated alkanes) is 1. The number of urea groups is 1. The number of hydrogen-bond donors (Lipinski definition) is 4. The number of carbonyl (C=O) groups excluding carboxylic acids is 2. The van der Waals surface area contributed by atoms with Crippen molar-refractivity contribution in [3.8, 4) is 0 Å². The Kier molecular flexibility index (Phi) is 4.57. The van der Waals surface area contributed by atoms with Crippen molar-refractivity contribution in [3.63, 3.8) is 0 Å². The van der Waals surface area contributed by atoms with Gasteiger partial charge in [0.15, 0.2) is 0 Å². The molecule has 0 radical (unpaired) electrons. The van der Waals surface area contributed by atoms with E-state index in [9.17, 15) is 9.59 Å². The fourth-order valence-corrected chi connectivity index (χ4v) is 5.17. The molecule has 0 saturated carbocycles. The highest BCUT2D eigenvalue weighted by molar-refractivity contribution is 8.00. The minimum atomic E-state index is -0.0429. The van der Waals surface area contributed by atoms with Crippen molar-refractivity contribution in [1.82, 2.24) is 15.6 Å². The Morgan fingerprint density at radius 1 is 1.24 bits per heavy atom. The van der Waals surface area contributed by atoms with E-state index < -0.39 is 0 Å². The molecule has 3 heterocycles. The molecule has 7 heteroatoms. The van der Waals surface area contributed by atoms with E-state index in [1.54, 1.807) is 0 Å². The molecule has 4 N–H and O–H groups in total. The Balaban J connectivity index is 1.19. The molecule has 1 aromatic heterocycles. The number of fused-ring (bicyclic) bond motifs is 2. The van der Waals surface area contributed by atoms with Crippen LogP contribution in [-0.2, 0) is 4.79 Å². The predicted molar refractivity (Wildman–Crippen MR) is 101 cm³/mol. The molecule has 2 saturated heterocycles. The van der Waals surface area contributed by atoms with Gasteiger partial charge in [-0.3, -0.25) is 4.79 Å². The molecule has 3 atom stereocenters. The maximum absolute atomic E-state index is 12.1. The molecule has 132 valence electrons. The highest BCUT2D eigenvalue weighted by Gasteiger charge is 2.42. The highest BCUT2D eigenvalue weighted by atomic mass is 32.2. The standard InChI is InChI=1S/C18H22N4O2S/c23-16(20-12-6-5-11-7-8-19-13(11)9-12)4-2-1-3-15-17-14(10-25-15)21-18(24)22-17/h5-9,14-15,17,19H,1-4,10H2,(H,20,23)(H2,21,22,24). The number of nitrogens with one attached hydrogen (secondary N) is 4. The SMILES string of the molecule is O=C(CCCCC1SCC2NC(=O)NC21)Nc1ccc2cc[nH]c2c1. The van der Waals surface area contributed by atoms with Gasteiger partial charge in [0.05, 0.1) is 12.1 Å². The van der Waals surface area contributed by atoms with E-state index in [0.717, 1.165) is 41.6 Å². The summed E-state index contributed by atoms with van der Waals surface area (Å²) in [5.74, 6) is 1.04. The molecule has 2 aliphatic rings. The third-order valence-corrected chi connectivity index (χ3v) is 6.43. The number of amides is 3. The second kappa shape index (κ2) is 7.00. The molecule has 0 spiro atoms. The first kappa shape index (κ1) is 16.3. The molecular weight excluding hydrogens is 336 g/mol. The molecule has 3 unspecified atom stereocenters. The molecule has 25 heavy (non-hydrogen) atoms. The van der Waals surface area contributed by atoms with Gasteiger partial charge in [-0.15, -0.1) is 0 Å². The first-order chi connectivity index (χ1) is 12.2. The minimum absolute atomic E-state index is 0.0429. The number of carbonyl (C=O) groups is 2. The van der Waals surface area contributed by atoms with Gasteiger partial charge in [0, 0.05) is 34.8 Å². The Morgan fingerprint density at radius 2 is 2.16 bits per heavy atom. The van der Waals surface area contributed by atoms with Gasteiger partial charge in [0.2, 0.25) is 5.91 Å². The number of thioether (sulfide) groups is 1. The van der Waals surface area contributed by atoms with Crippen LogP contribution in [0.5, 0.6) is 0 Å². The lowest BCUT2D eigenvalue weighted by atomic mass is 10.0. The van der Waals surface area contributed by atoms with Crippen molar-refractivity contribution in [1.29, 1.82) is 0 Å². The van der Waals surface area contributed by atoms with Crippen molar-refractivity contribution in [2.24, 2.45) is 0 Å². The molecule has 0 bridgehead atoms. The van der Waals surface area contributed by atoms with Gasteiger partial charge in [-0.05, 0) is 36.4 Å². The lowest BCUT2D eigenvalue weighted by molar-refractivity contribution is -0.116. The van der Waals surface area contributed by atoms with E-state index in [1.165, 1.54) is 0 Å². The van der Waals surface area contributed by atoms with E-state index in [1.807, 2.05) is 42.2 Å². The molecule has 2 fully saturated rings. The molecule has 2 aliphatic heterocycles. The number of H-pyrrole nitrogens is 1. The summed E-state index contributed by atoms with van der Waals surface area (Å²) < 4.78 is 0. The van der Waals surface area contributed by atoms with Gasteiger partial charge in [-0.1, -0.05) is 12.5 Å². The fraction of sp³-hybridized carbons (Fsp3) is 0.444. The summed E-state index contributed by atoms with van der Waals surface area (Å²) in [5, 5.41) is 10.5. The summed E-state index contributed by atoms with van der Waals surface area (Å²) in [7, 11) is 0. The maximum Gasteiger partial charge on any atom is 0.315 e. The van der Waals surface area contributed by atoms with Crippen molar-refractivity contribution < 1.29 is 9.59 Å². The Morgan fingerprint density at radius 3 is 3.08 bits per heavy atom. The molecular formula is C18H22N4O2S. The first-order valence-corrected chi connectivity index (χ1v) is 9.79. The second-order valence-corrected chi connectivity index (χ2v) is 7.97. The molecule has 0 aliphatic carbocycles. The number of anilines is 1. The fourth-order valence-electron chi connectivity index (χ4n) is 3.62. The molecule has 3 amide bonds. The summed E-state index contributed by atoms with van der Waals surface area (Å²) in [4.78, 5) is 26.6. The third kappa shape index (κ3) is 3.61. The number of hydrogen-bond acceptors (Lipinski definition) is 3. The zero-order valence-corrected chi connectivity index (χ0v) is 14.7. The van der Waals surface area contributed by atoms with Crippen molar-refractivity contribution >= 4 is 40.3 Å². The zero-order valence-electron chi connectivity index (χ0n) is 13.9. The average molecular weight is 358 g/mol. The van der Waals surface area contributed by atoms with Crippen LogP contribution in [-0.4, -0.2) is 40.0 Å². The molecule has 4 rings (SSSR count). The van der Waals surface area contributed by atoms with Gasteiger partial charge in [-0.25, -0.2) is 4.79 Å². The quantitative estimate of drug-likeness (QED) is 0.473. The molecule has 6 nitrogen and oxygen atoms in total. The van der Waals surface area contributed by atoms with E-state index in [4.69, 9.17) is 0 Å². The largest absolute Gasteiger partial charge is 0.361 e. The van der Waals surface area contributed by atoms with E-state index in [2.05, 4.69) is 20.9 Å². The van der Waals surface area contributed by atoms with E-state index in [-0.39, 0.29) is 24.0 Å². The molecule has 2 aromatic rings. The third-order valence-electron chi connectivity index (χ3n) is 4.92. The van der Waals surface area contributed by atoms with Crippen LogP contribution in [0.15, 0.2) is 30.5 Å². The number of aromatic amines is 1. The van der Waals surface area contributed by atoms with Crippen LogP contribution >= 0.6 is 11.8 Å². The lowest BCUT2D eigenvalue weighted by Crippen LogP contribution is -2.36. The average Bonchev–Trinajstić information content (AvgIpc) is 3.27. The monoisotopic (exact) mass is 358 g/mol. The van der Waals surface area contributed by atoms with Crippen molar-refractivity contribution in [3.05, 3.63) is 30.5 Å². The summed E-state index contributed by atoms with van der Waals surface area (Å²) in [5.41, 5.74) is 1.85. The highest BCUT2D eigenvalue weighted by Crippen LogP contribution is 2.33. The second-order valence-electron chi connectivity index (χ2n) is 6.70. The first-order valence-electron chi connectivity index (χ1n) is 8.75. The Hall–Kier alpha value is -2.15. The van der Waals surface area contributed by atoms with Crippen molar-refractivity contribution in [2.45, 2.75) is 43.0 Å². The maximum atomic E-state index is 12.1. The van der Waals surface area contributed by atoms with Crippen molar-refractivity contribution in [2.75, 3.05) is 11.1 Å². The predicted octanol–water partition coefficient (Wildman–Crippen LogP) is 2.83. The number of benzene rings is 1. The van der Waals surface area contributed by atoms with Gasteiger partial charge in [0.25, 0.3) is 0 Å². The summed E-state index contributed by atoms with van der Waals surface area (Å²) in [6.07, 6.45) is 5.32. The summed E-state index contributed by atoms with van der Waals surface area (Å²) >= 11 is 1.92. The normalized spacial score (nSPS) is 24.8.